The minimum atomic E-state index is -3.84. The van der Waals surface area contributed by atoms with E-state index in [1.165, 1.54) is 12.1 Å². The monoisotopic (exact) mass is 463 g/mol. The van der Waals surface area contributed by atoms with Crippen LogP contribution in [0.15, 0.2) is 76.3 Å². The number of benzene rings is 2. The zero-order chi connectivity index (χ0) is 23.1. The van der Waals surface area contributed by atoms with Crippen molar-refractivity contribution in [2.24, 2.45) is 5.41 Å². The lowest BCUT2D eigenvalue weighted by atomic mass is 10.1. The summed E-state index contributed by atoms with van der Waals surface area (Å²) in [6.07, 6.45) is 3.47. The molecular formula is C23H21N5O4S. The van der Waals surface area contributed by atoms with Gasteiger partial charge in [0.2, 0.25) is 11.7 Å². The molecule has 0 radical (unpaired) electrons. The minimum absolute atomic E-state index is 0.0565. The Labute approximate surface area is 190 Å². The van der Waals surface area contributed by atoms with Crippen molar-refractivity contribution in [3.05, 3.63) is 66.9 Å². The molecule has 0 aliphatic heterocycles. The molecule has 3 N–H and O–H groups in total. The Morgan fingerprint density at radius 3 is 2.52 bits per heavy atom. The number of rotatable bonds is 7. The zero-order valence-corrected chi connectivity index (χ0v) is 18.5. The van der Waals surface area contributed by atoms with Crippen LogP contribution in [0, 0.1) is 5.41 Å². The highest BCUT2D eigenvalue weighted by Crippen LogP contribution is 2.45. The van der Waals surface area contributed by atoms with Crippen molar-refractivity contribution in [3.63, 3.8) is 0 Å². The second kappa shape index (κ2) is 7.89. The third kappa shape index (κ3) is 4.37. The molecule has 1 aliphatic rings. The summed E-state index contributed by atoms with van der Waals surface area (Å²) in [6, 6.07) is 16.4. The molecule has 0 spiro atoms. The van der Waals surface area contributed by atoms with E-state index in [0.717, 1.165) is 12.8 Å². The normalized spacial score (nSPS) is 14.6. The third-order valence-corrected chi connectivity index (χ3v) is 7.00. The van der Waals surface area contributed by atoms with Crippen LogP contribution >= 0.6 is 0 Å². The van der Waals surface area contributed by atoms with Crippen LogP contribution in [0.4, 0.5) is 11.4 Å². The van der Waals surface area contributed by atoms with Crippen LogP contribution in [-0.2, 0) is 14.8 Å². The molecule has 168 valence electrons. The fourth-order valence-corrected chi connectivity index (χ4v) is 4.32. The van der Waals surface area contributed by atoms with E-state index in [9.17, 15) is 13.2 Å². The quantitative estimate of drug-likeness (QED) is 0.375. The summed E-state index contributed by atoms with van der Waals surface area (Å²) in [5.41, 5.74) is 1.89. The van der Waals surface area contributed by atoms with Crippen molar-refractivity contribution in [3.8, 4) is 23.0 Å². The van der Waals surface area contributed by atoms with Crippen LogP contribution in [0.5, 0.6) is 0 Å². The predicted molar refractivity (Wildman–Crippen MR) is 123 cm³/mol. The van der Waals surface area contributed by atoms with E-state index in [0.29, 0.717) is 34.3 Å². The molecule has 4 aromatic rings. The van der Waals surface area contributed by atoms with Gasteiger partial charge in [0.05, 0.1) is 10.6 Å². The number of hydrogen-bond donors (Lipinski definition) is 3. The van der Waals surface area contributed by atoms with E-state index >= 15 is 0 Å². The van der Waals surface area contributed by atoms with Gasteiger partial charge in [0, 0.05) is 22.9 Å². The number of amides is 1. The Balaban J connectivity index is 1.30. The molecule has 5 rings (SSSR count). The number of sulfonamides is 1. The maximum Gasteiger partial charge on any atom is 0.274 e. The molecule has 2 aromatic heterocycles. The molecule has 9 nitrogen and oxygen atoms in total. The van der Waals surface area contributed by atoms with E-state index < -0.39 is 10.0 Å². The molecule has 2 aromatic carbocycles. The smallest absolute Gasteiger partial charge is 0.274 e. The van der Waals surface area contributed by atoms with E-state index in [1.54, 1.807) is 42.6 Å². The number of carbonyl (C=O) groups excluding carboxylic acids is 1. The van der Waals surface area contributed by atoms with Crippen molar-refractivity contribution in [1.29, 1.82) is 0 Å². The standard InChI is InChI=1S/C23H21N5O4S/c1-23(11-12-23)22(29)25-16-4-2-5-17(14-16)28-33(30,31)18-9-7-15(8-10-18)20-26-21(32-27-20)19-6-3-13-24-19/h2-10,13-14,24,28H,11-12H2,1H3,(H,25,29). The van der Waals surface area contributed by atoms with E-state index in [-0.39, 0.29) is 16.2 Å². The van der Waals surface area contributed by atoms with Gasteiger partial charge in [-0.25, -0.2) is 8.42 Å². The summed E-state index contributed by atoms with van der Waals surface area (Å²) in [5.74, 6) is 0.638. The molecule has 0 unspecified atom stereocenters. The van der Waals surface area contributed by atoms with Crippen LogP contribution in [0.1, 0.15) is 19.8 Å². The Kier molecular flexibility index (Phi) is 5.01. The number of aromatic nitrogens is 3. The highest BCUT2D eigenvalue weighted by atomic mass is 32.2. The molecule has 1 aliphatic carbocycles. The Bertz CT molecular complexity index is 1410. The number of carbonyl (C=O) groups is 1. The number of aromatic amines is 1. The van der Waals surface area contributed by atoms with E-state index in [4.69, 9.17) is 4.52 Å². The third-order valence-electron chi connectivity index (χ3n) is 5.60. The van der Waals surface area contributed by atoms with Gasteiger partial charge >= 0.3 is 0 Å². The molecule has 10 heteroatoms. The Morgan fingerprint density at radius 2 is 1.82 bits per heavy atom. The first-order valence-corrected chi connectivity index (χ1v) is 11.8. The van der Waals surface area contributed by atoms with Crippen molar-refractivity contribution >= 4 is 27.3 Å². The van der Waals surface area contributed by atoms with Gasteiger partial charge in [-0.15, -0.1) is 0 Å². The number of hydrogen-bond acceptors (Lipinski definition) is 6. The molecule has 1 fully saturated rings. The van der Waals surface area contributed by atoms with Gasteiger partial charge in [0.15, 0.2) is 0 Å². The molecule has 0 bridgehead atoms. The van der Waals surface area contributed by atoms with Crippen molar-refractivity contribution < 1.29 is 17.7 Å². The highest BCUT2D eigenvalue weighted by molar-refractivity contribution is 7.92. The molecule has 33 heavy (non-hydrogen) atoms. The van der Waals surface area contributed by atoms with Gasteiger partial charge in [0.1, 0.15) is 5.69 Å². The average Bonchev–Trinajstić information content (AvgIpc) is 3.21. The van der Waals surface area contributed by atoms with Crippen molar-refractivity contribution in [1.82, 2.24) is 15.1 Å². The van der Waals surface area contributed by atoms with Gasteiger partial charge in [0.25, 0.3) is 15.9 Å². The summed E-state index contributed by atoms with van der Waals surface area (Å²) in [6.45, 7) is 1.91. The predicted octanol–water partition coefficient (Wildman–Crippen LogP) is 4.27. The minimum Gasteiger partial charge on any atom is -0.357 e. The summed E-state index contributed by atoms with van der Waals surface area (Å²) in [5, 5.41) is 6.80. The first kappa shape index (κ1) is 21.0. The molecule has 0 atom stereocenters. The zero-order valence-electron chi connectivity index (χ0n) is 17.7. The van der Waals surface area contributed by atoms with Gasteiger partial charge < -0.3 is 14.8 Å². The van der Waals surface area contributed by atoms with Crippen LogP contribution in [-0.4, -0.2) is 29.4 Å². The van der Waals surface area contributed by atoms with Crippen LogP contribution < -0.4 is 10.0 Å². The lowest BCUT2D eigenvalue weighted by molar-refractivity contribution is -0.120. The average molecular weight is 464 g/mol. The maximum atomic E-state index is 12.9. The van der Waals surface area contributed by atoms with Crippen LogP contribution in [0.2, 0.25) is 0 Å². The second-order valence-corrected chi connectivity index (χ2v) is 9.91. The van der Waals surface area contributed by atoms with E-state index in [2.05, 4.69) is 25.2 Å². The summed E-state index contributed by atoms with van der Waals surface area (Å²) >= 11 is 0. The number of nitrogens with one attached hydrogen (secondary N) is 3. The fourth-order valence-electron chi connectivity index (χ4n) is 3.27. The number of H-pyrrole nitrogens is 1. The topological polar surface area (TPSA) is 130 Å². The molecule has 0 saturated heterocycles. The molecule has 1 saturated carbocycles. The molecule has 1 amide bonds. The first-order chi connectivity index (χ1) is 15.8. The SMILES string of the molecule is CC1(C(=O)Nc2cccc(NS(=O)(=O)c3ccc(-c4noc(-c5ccc[nH]5)n4)cc3)c2)CC1. The van der Waals surface area contributed by atoms with Crippen LogP contribution in [0.3, 0.4) is 0 Å². The summed E-state index contributed by atoms with van der Waals surface area (Å²) in [4.78, 5) is 19.7. The van der Waals surface area contributed by atoms with Gasteiger partial charge in [-0.1, -0.05) is 18.1 Å². The van der Waals surface area contributed by atoms with Crippen LogP contribution in [0.25, 0.3) is 23.0 Å². The lowest BCUT2D eigenvalue weighted by Crippen LogP contribution is -2.21. The largest absolute Gasteiger partial charge is 0.357 e. The highest BCUT2D eigenvalue weighted by Gasteiger charge is 2.44. The second-order valence-electron chi connectivity index (χ2n) is 8.23. The number of nitrogens with zero attached hydrogens (tertiary/aromatic N) is 2. The first-order valence-electron chi connectivity index (χ1n) is 10.3. The van der Waals surface area contributed by atoms with Gasteiger partial charge in [-0.2, -0.15) is 4.98 Å². The summed E-state index contributed by atoms with van der Waals surface area (Å²) < 4.78 is 33.5. The van der Waals surface area contributed by atoms with Gasteiger partial charge in [-0.05, 0) is 67.4 Å². The Hall–Kier alpha value is -3.92. The van der Waals surface area contributed by atoms with Crippen molar-refractivity contribution in [2.45, 2.75) is 24.7 Å². The molecule has 2 heterocycles. The Morgan fingerprint density at radius 1 is 1.06 bits per heavy atom. The summed E-state index contributed by atoms with van der Waals surface area (Å²) in [7, 11) is -3.84. The van der Waals surface area contributed by atoms with E-state index in [1.807, 2.05) is 19.1 Å². The lowest BCUT2D eigenvalue weighted by Gasteiger charge is -2.12. The number of anilines is 2. The fraction of sp³-hybridized carbons (Fsp3) is 0.174. The molecular weight excluding hydrogens is 442 g/mol. The maximum absolute atomic E-state index is 12.9. The van der Waals surface area contributed by atoms with Gasteiger partial charge in [-0.3, -0.25) is 9.52 Å². The van der Waals surface area contributed by atoms with Crippen molar-refractivity contribution in [2.75, 3.05) is 10.0 Å².